The number of ether oxygens (including phenoxy) is 1. The van der Waals surface area contributed by atoms with Crippen molar-refractivity contribution in [3.63, 3.8) is 0 Å². The van der Waals surface area contributed by atoms with Crippen LogP contribution in [-0.2, 0) is 12.8 Å². The molecule has 8 heteroatoms. The van der Waals surface area contributed by atoms with Crippen LogP contribution < -0.4 is 4.74 Å². The largest absolute Gasteiger partial charge is 0.497 e. The molecule has 0 spiro atoms. The monoisotopic (exact) mass is 410 g/mol. The fourth-order valence-corrected chi connectivity index (χ4v) is 5.73. The van der Waals surface area contributed by atoms with Crippen LogP contribution in [0.25, 0.3) is 21.7 Å². The fourth-order valence-electron chi connectivity index (χ4n) is 3.46. The Morgan fingerprint density at radius 3 is 2.82 bits per heavy atom. The van der Waals surface area contributed by atoms with Gasteiger partial charge in [-0.3, -0.25) is 0 Å². The molecule has 0 unspecified atom stereocenters. The summed E-state index contributed by atoms with van der Waals surface area (Å²) in [4.78, 5) is 11.6. The van der Waals surface area contributed by atoms with Gasteiger partial charge < -0.3 is 9.15 Å². The maximum Gasteiger partial charge on any atom is 0.247 e. The van der Waals surface area contributed by atoms with Gasteiger partial charge in [0.05, 0.1) is 12.4 Å². The van der Waals surface area contributed by atoms with Gasteiger partial charge in [0.25, 0.3) is 0 Å². The van der Waals surface area contributed by atoms with Gasteiger partial charge in [0.1, 0.15) is 21.9 Å². The molecule has 1 aliphatic carbocycles. The Morgan fingerprint density at radius 2 is 2.00 bits per heavy atom. The van der Waals surface area contributed by atoms with Crippen molar-refractivity contribution in [3.05, 3.63) is 46.9 Å². The van der Waals surface area contributed by atoms with E-state index < -0.39 is 0 Å². The molecule has 0 saturated carbocycles. The van der Waals surface area contributed by atoms with Gasteiger partial charge in [-0.25, -0.2) is 9.97 Å². The molecule has 142 valence electrons. The second-order valence-corrected chi connectivity index (χ2v) is 9.06. The Kier molecular flexibility index (Phi) is 4.52. The molecule has 3 aromatic heterocycles. The molecule has 0 amide bonds. The lowest BCUT2D eigenvalue weighted by Crippen LogP contribution is -1.92. The van der Waals surface area contributed by atoms with E-state index in [1.54, 1.807) is 36.5 Å². The van der Waals surface area contributed by atoms with Crippen LogP contribution in [0.2, 0.25) is 0 Å². The molecule has 28 heavy (non-hydrogen) atoms. The van der Waals surface area contributed by atoms with E-state index >= 15 is 0 Å². The lowest BCUT2D eigenvalue weighted by Gasteiger charge is -2.07. The van der Waals surface area contributed by atoms with Crippen LogP contribution in [0.15, 0.2) is 40.0 Å². The van der Waals surface area contributed by atoms with Gasteiger partial charge in [-0.1, -0.05) is 11.8 Å². The second-order valence-electron chi connectivity index (χ2n) is 6.65. The van der Waals surface area contributed by atoms with Gasteiger partial charge in [-0.05, 0) is 56.0 Å². The molecule has 0 radical (unpaired) electrons. The summed E-state index contributed by atoms with van der Waals surface area (Å²) in [7, 11) is 1.64. The average molecular weight is 411 g/mol. The van der Waals surface area contributed by atoms with Crippen LogP contribution in [0.5, 0.6) is 5.75 Å². The molecule has 1 aliphatic rings. The van der Waals surface area contributed by atoms with E-state index in [0.717, 1.165) is 34.0 Å². The van der Waals surface area contributed by atoms with Gasteiger partial charge in [-0.15, -0.1) is 21.5 Å². The van der Waals surface area contributed by atoms with Gasteiger partial charge in [0.2, 0.25) is 11.8 Å². The number of rotatable bonds is 5. The zero-order chi connectivity index (χ0) is 19.1. The minimum atomic E-state index is -0.00504. The number of fused-ring (bicyclic) bond motifs is 3. The highest BCUT2D eigenvalue weighted by molar-refractivity contribution is 7.99. The molecular formula is C20H18N4O2S2. The standard InChI is InChI=1S/C20H18N4O2S2/c1-11(17-23-24-18(26-17)12-6-8-13(25-2)9-7-12)27-19-16-14-4-3-5-15(14)28-20(16)22-10-21-19/h6-11H,3-5H2,1-2H3/t11-/m0/s1. The van der Waals surface area contributed by atoms with E-state index in [0.29, 0.717) is 11.8 Å². The van der Waals surface area contributed by atoms with Crippen molar-refractivity contribution in [2.75, 3.05) is 7.11 Å². The second kappa shape index (κ2) is 7.18. The van der Waals surface area contributed by atoms with Crippen molar-refractivity contribution in [2.24, 2.45) is 0 Å². The van der Waals surface area contributed by atoms with Crippen LogP contribution >= 0.6 is 23.1 Å². The van der Waals surface area contributed by atoms with Crippen molar-refractivity contribution in [2.45, 2.75) is 36.5 Å². The van der Waals surface area contributed by atoms with E-state index in [2.05, 4.69) is 27.1 Å². The van der Waals surface area contributed by atoms with Gasteiger partial charge >= 0.3 is 0 Å². The summed E-state index contributed by atoms with van der Waals surface area (Å²) in [5.74, 6) is 1.90. The Balaban J connectivity index is 1.41. The minimum absolute atomic E-state index is 0.00504. The highest BCUT2D eigenvalue weighted by Crippen LogP contribution is 2.43. The molecule has 0 aliphatic heterocycles. The lowest BCUT2D eigenvalue weighted by molar-refractivity contribution is 0.415. The first kappa shape index (κ1) is 17.6. The lowest BCUT2D eigenvalue weighted by atomic mass is 10.2. The maximum atomic E-state index is 5.94. The normalized spacial score (nSPS) is 14.4. The average Bonchev–Trinajstić information content (AvgIpc) is 3.44. The predicted octanol–water partition coefficient (Wildman–Crippen LogP) is 5.09. The Hall–Kier alpha value is -2.45. The van der Waals surface area contributed by atoms with E-state index in [-0.39, 0.29) is 5.25 Å². The van der Waals surface area contributed by atoms with Crippen molar-refractivity contribution < 1.29 is 9.15 Å². The quantitative estimate of drug-likeness (QED) is 0.335. The van der Waals surface area contributed by atoms with Crippen molar-refractivity contribution in [3.8, 4) is 17.2 Å². The highest BCUT2D eigenvalue weighted by atomic mass is 32.2. The fraction of sp³-hybridized carbons (Fsp3) is 0.300. The van der Waals surface area contributed by atoms with E-state index in [1.165, 1.54) is 22.2 Å². The molecular weight excluding hydrogens is 392 g/mol. The molecule has 6 nitrogen and oxygen atoms in total. The van der Waals surface area contributed by atoms with E-state index in [1.807, 2.05) is 24.3 Å². The molecule has 4 aromatic rings. The molecule has 0 saturated heterocycles. The molecule has 3 heterocycles. The molecule has 0 fully saturated rings. The maximum absolute atomic E-state index is 5.94. The third-order valence-corrected chi connectivity index (χ3v) is 7.17. The first-order chi connectivity index (χ1) is 13.7. The summed E-state index contributed by atoms with van der Waals surface area (Å²) in [6, 6.07) is 7.59. The van der Waals surface area contributed by atoms with Crippen molar-refractivity contribution in [1.82, 2.24) is 20.2 Å². The molecule has 1 atom stereocenters. The SMILES string of the molecule is COc1ccc(-c2nnc([C@H](C)Sc3ncnc4sc5c(c34)CCC5)o2)cc1. The van der Waals surface area contributed by atoms with Gasteiger partial charge in [0.15, 0.2) is 0 Å². The van der Waals surface area contributed by atoms with Crippen LogP contribution in [0.4, 0.5) is 0 Å². The number of thiophene rings is 1. The zero-order valence-corrected chi connectivity index (χ0v) is 17.1. The Labute approximate surface area is 170 Å². The van der Waals surface area contributed by atoms with E-state index in [9.17, 15) is 0 Å². The number of hydrogen-bond acceptors (Lipinski definition) is 8. The first-order valence-corrected chi connectivity index (χ1v) is 10.8. The number of hydrogen-bond donors (Lipinski definition) is 0. The summed E-state index contributed by atoms with van der Waals surface area (Å²) >= 11 is 3.45. The predicted molar refractivity (Wildman–Crippen MR) is 110 cm³/mol. The number of benzene rings is 1. The highest BCUT2D eigenvalue weighted by Gasteiger charge is 2.24. The summed E-state index contributed by atoms with van der Waals surface area (Å²) in [5, 5.41) is 10.7. The number of methoxy groups -OCH3 is 1. The van der Waals surface area contributed by atoms with Gasteiger partial charge in [0, 0.05) is 15.8 Å². The van der Waals surface area contributed by atoms with Crippen LogP contribution in [-0.4, -0.2) is 27.3 Å². The van der Waals surface area contributed by atoms with Crippen molar-refractivity contribution >= 4 is 33.3 Å². The smallest absolute Gasteiger partial charge is 0.247 e. The summed E-state index contributed by atoms with van der Waals surface area (Å²) in [6.45, 7) is 2.07. The van der Waals surface area contributed by atoms with Crippen LogP contribution in [0.3, 0.4) is 0 Å². The summed E-state index contributed by atoms with van der Waals surface area (Å²) in [5.41, 5.74) is 2.30. The summed E-state index contributed by atoms with van der Waals surface area (Å²) in [6.07, 6.45) is 5.15. The zero-order valence-electron chi connectivity index (χ0n) is 15.5. The van der Waals surface area contributed by atoms with Gasteiger partial charge in [-0.2, -0.15) is 0 Å². The van der Waals surface area contributed by atoms with Crippen LogP contribution in [0.1, 0.15) is 34.9 Å². The minimum Gasteiger partial charge on any atom is -0.497 e. The number of aryl methyl sites for hydroxylation is 2. The number of thioether (sulfide) groups is 1. The molecule has 0 bridgehead atoms. The Bertz CT molecular complexity index is 1140. The van der Waals surface area contributed by atoms with E-state index in [4.69, 9.17) is 9.15 Å². The van der Waals surface area contributed by atoms with Crippen LogP contribution in [0, 0.1) is 0 Å². The molecule has 1 aromatic carbocycles. The first-order valence-electron chi connectivity index (χ1n) is 9.12. The topological polar surface area (TPSA) is 73.9 Å². The third-order valence-electron chi connectivity index (χ3n) is 4.88. The summed E-state index contributed by atoms with van der Waals surface area (Å²) < 4.78 is 11.1. The Morgan fingerprint density at radius 1 is 1.14 bits per heavy atom. The molecule has 0 N–H and O–H groups in total. The third kappa shape index (κ3) is 3.06. The molecule has 5 rings (SSSR count). The number of aromatic nitrogens is 4. The number of nitrogens with zero attached hydrogens (tertiary/aromatic N) is 4. The van der Waals surface area contributed by atoms with Crippen molar-refractivity contribution in [1.29, 1.82) is 0 Å².